The number of nitrogens with zero attached hydrogens (tertiary/aromatic N) is 4. The van der Waals surface area contributed by atoms with E-state index >= 15 is 0 Å². The fourth-order valence-electron chi connectivity index (χ4n) is 6.44. The Morgan fingerprint density at radius 2 is 1.25 bits per heavy atom. The summed E-state index contributed by atoms with van der Waals surface area (Å²) in [6.45, 7) is 7.44. The Morgan fingerprint density at radius 1 is 0.591 bits per heavy atom. The maximum Gasteiger partial charge on any atom is 0.204 e. The third-order valence-electron chi connectivity index (χ3n) is 8.47. The van der Waals surface area contributed by atoms with Crippen LogP contribution in [-0.4, -0.2) is 16.2 Å². The molecule has 0 fully saturated rings. The highest BCUT2D eigenvalue weighted by atomic mass is 16.5. The Kier molecular flexibility index (Phi) is 5.72. The molecular formula is C39H24N4O. The Labute approximate surface area is 253 Å². The number of nitriles is 1. The molecule has 2 aromatic heterocycles. The molecule has 0 aliphatic heterocycles. The Bertz CT molecular complexity index is 2510. The molecule has 2 heterocycles. The van der Waals surface area contributed by atoms with E-state index in [1.807, 2.05) is 24.3 Å². The largest absolute Gasteiger partial charge is 0.497 e. The molecule has 0 radical (unpaired) electrons. The second-order valence-corrected chi connectivity index (χ2v) is 10.8. The quantitative estimate of drug-likeness (QED) is 0.200. The van der Waals surface area contributed by atoms with Gasteiger partial charge in [0.2, 0.25) is 5.69 Å². The molecule has 8 aromatic rings. The van der Waals surface area contributed by atoms with Gasteiger partial charge in [-0.15, -0.1) is 0 Å². The van der Waals surface area contributed by atoms with Gasteiger partial charge in [-0.2, -0.15) is 5.26 Å². The average molecular weight is 565 g/mol. The molecule has 0 saturated heterocycles. The topological polar surface area (TPSA) is 47.2 Å². The van der Waals surface area contributed by atoms with Gasteiger partial charge in [-0.25, -0.2) is 4.85 Å². The van der Waals surface area contributed by atoms with Crippen LogP contribution in [0.1, 0.15) is 5.56 Å². The third kappa shape index (κ3) is 3.78. The summed E-state index contributed by atoms with van der Waals surface area (Å²) in [7, 11) is 1.68. The summed E-state index contributed by atoms with van der Waals surface area (Å²) >= 11 is 0. The first-order valence-electron chi connectivity index (χ1n) is 14.3. The molecule has 5 heteroatoms. The van der Waals surface area contributed by atoms with Gasteiger partial charge in [0.15, 0.2) is 0 Å². The number of methoxy groups -OCH3 is 1. The molecule has 0 aliphatic rings. The first-order chi connectivity index (χ1) is 21.7. The molecule has 5 nitrogen and oxygen atoms in total. The first kappa shape index (κ1) is 25.4. The van der Waals surface area contributed by atoms with Gasteiger partial charge in [-0.05, 0) is 77.9 Å². The highest BCUT2D eigenvalue weighted by Gasteiger charge is 2.17. The number of para-hydroxylation sites is 2. The molecule has 8 rings (SSSR count). The van der Waals surface area contributed by atoms with Crippen LogP contribution in [0.4, 0.5) is 5.69 Å². The zero-order chi connectivity index (χ0) is 29.8. The number of ether oxygens (including phenoxy) is 1. The van der Waals surface area contributed by atoms with Crippen molar-refractivity contribution in [2.75, 3.05) is 7.11 Å². The lowest BCUT2D eigenvalue weighted by Crippen LogP contribution is -1.95. The van der Waals surface area contributed by atoms with Crippen LogP contribution in [0.3, 0.4) is 0 Å². The summed E-state index contributed by atoms with van der Waals surface area (Å²) in [5.74, 6) is 0.775. The SMILES string of the molecule is [C-]#[N+]c1ccc(-n2c3ccc(OC)cc3c3cc(-c4ccc5c6ccccc6n(-c6ccccc6)c5c4)ccc32)cc1C#N. The predicted molar refractivity (Wildman–Crippen MR) is 178 cm³/mol. The summed E-state index contributed by atoms with van der Waals surface area (Å²) < 4.78 is 10.1. The van der Waals surface area contributed by atoms with Gasteiger partial charge in [0.25, 0.3) is 0 Å². The molecule has 0 saturated carbocycles. The van der Waals surface area contributed by atoms with E-state index in [0.717, 1.165) is 55.6 Å². The molecule has 0 amide bonds. The van der Waals surface area contributed by atoms with Crippen LogP contribution in [-0.2, 0) is 0 Å². The van der Waals surface area contributed by atoms with Crippen LogP contribution in [0.5, 0.6) is 5.75 Å². The van der Waals surface area contributed by atoms with Crippen LogP contribution in [0.25, 0.3) is 71.0 Å². The van der Waals surface area contributed by atoms with Crippen LogP contribution >= 0.6 is 0 Å². The fourth-order valence-corrected chi connectivity index (χ4v) is 6.44. The van der Waals surface area contributed by atoms with E-state index in [4.69, 9.17) is 11.3 Å². The Balaban J connectivity index is 1.37. The zero-order valence-electron chi connectivity index (χ0n) is 23.8. The van der Waals surface area contributed by atoms with Crippen LogP contribution < -0.4 is 4.74 Å². The molecule has 0 atom stereocenters. The molecule has 44 heavy (non-hydrogen) atoms. The Hall–Kier alpha value is -6.30. The van der Waals surface area contributed by atoms with E-state index in [2.05, 4.69) is 111 Å². The number of benzene rings is 6. The van der Waals surface area contributed by atoms with Gasteiger partial charge in [0.1, 0.15) is 5.75 Å². The first-order valence-corrected chi connectivity index (χ1v) is 14.3. The number of hydrogen-bond donors (Lipinski definition) is 0. The Morgan fingerprint density at radius 3 is 2.05 bits per heavy atom. The van der Waals surface area contributed by atoms with Crippen molar-refractivity contribution in [3.05, 3.63) is 144 Å². The second-order valence-electron chi connectivity index (χ2n) is 10.8. The lowest BCUT2D eigenvalue weighted by atomic mass is 10.0. The number of fused-ring (bicyclic) bond motifs is 6. The highest BCUT2D eigenvalue weighted by Crippen LogP contribution is 2.39. The van der Waals surface area contributed by atoms with E-state index in [1.54, 1.807) is 19.2 Å². The minimum absolute atomic E-state index is 0.351. The van der Waals surface area contributed by atoms with Gasteiger partial charge >= 0.3 is 0 Å². The van der Waals surface area contributed by atoms with E-state index in [9.17, 15) is 5.26 Å². The molecule has 0 spiro atoms. The number of rotatable bonds is 4. The summed E-state index contributed by atoms with van der Waals surface area (Å²) in [6.07, 6.45) is 0. The summed E-state index contributed by atoms with van der Waals surface area (Å²) in [5, 5.41) is 14.3. The van der Waals surface area contributed by atoms with Crippen LogP contribution in [0, 0.1) is 17.9 Å². The third-order valence-corrected chi connectivity index (χ3v) is 8.47. The summed E-state index contributed by atoms with van der Waals surface area (Å²) in [6, 6.07) is 46.0. The van der Waals surface area contributed by atoms with E-state index in [0.29, 0.717) is 11.3 Å². The van der Waals surface area contributed by atoms with Gasteiger partial charge < -0.3 is 13.9 Å². The van der Waals surface area contributed by atoms with Crippen molar-refractivity contribution < 1.29 is 4.74 Å². The highest BCUT2D eigenvalue weighted by molar-refractivity contribution is 6.12. The van der Waals surface area contributed by atoms with Crippen molar-refractivity contribution in [1.82, 2.24) is 9.13 Å². The van der Waals surface area contributed by atoms with Gasteiger partial charge in [-0.3, -0.25) is 0 Å². The van der Waals surface area contributed by atoms with Crippen molar-refractivity contribution in [3.63, 3.8) is 0 Å². The van der Waals surface area contributed by atoms with E-state index in [1.165, 1.54) is 16.3 Å². The number of aromatic nitrogens is 2. The number of hydrogen-bond acceptors (Lipinski definition) is 2. The smallest absolute Gasteiger partial charge is 0.204 e. The van der Waals surface area contributed by atoms with Crippen molar-refractivity contribution in [3.8, 4) is 34.3 Å². The molecule has 0 aliphatic carbocycles. The molecule has 0 bridgehead atoms. The van der Waals surface area contributed by atoms with Crippen LogP contribution in [0.15, 0.2) is 127 Å². The summed E-state index contributed by atoms with van der Waals surface area (Å²) in [4.78, 5) is 3.52. The van der Waals surface area contributed by atoms with Crippen LogP contribution in [0.2, 0.25) is 0 Å². The lowest BCUT2D eigenvalue weighted by molar-refractivity contribution is 0.415. The van der Waals surface area contributed by atoms with Crippen molar-refractivity contribution >= 4 is 49.3 Å². The molecular weight excluding hydrogens is 540 g/mol. The second kappa shape index (κ2) is 9.91. The van der Waals surface area contributed by atoms with E-state index in [-0.39, 0.29) is 0 Å². The minimum atomic E-state index is 0.351. The lowest BCUT2D eigenvalue weighted by Gasteiger charge is -2.10. The maximum atomic E-state index is 9.72. The summed E-state index contributed by atoms with van der Waals surface area (Å²) in [5.41, 5.74) is 9.24. The van der Waals surface area contributed by atoms with E-state index < -0.39 is 0 Å². The molecule has 6 aromatic carbocycles. The predicted octanol–water partition coefficient (Wildman–Crippen LogP) is 9.98. The van der Waals surface area contributed by atoms with Gasteiger partial charge in [0, 0.05) is 32.9 Å². The van der Waals surface area contributed by atoms with Crippen molar-refractivity contribution in [1.29, 1.82) is 5.26 Å². The minimum Gasteiger partial charge on any atom is -0.497 e. The van der Waals surface area contributed by atoms with Gasteiger partial charge in [-0.1, -0.05) is 60.7 Å². The molecule has 206 valence electrons. The molecule has 0 N–H and O–H groups in total. The van der Waals surface area contributed by atoms with Gasteiger partial charge in [0.05, 0.1) is 47.4 Å². The average Bonchev–Trinajstić information content (AvgIpc) is 3.59. The monoisotopic (exact) mass is 564 g/mol. The fraction of sp³-hybridized carbons (Fsp3) is 0.0256. The van der Waals surface area contributed by atoms with Crippen molar-refractivity contribution in [2.24, 2.45) is 0 Å². The zero-order valence-corrected chi connectivity index (χ0v) is 23.8. The molecule has 0 unspecified atom stereocenters. The standard InChI is InChI=1S/C39H24N4O/c1-41-35-17-14-29(20-27(35)24-40)43-37-18-13-25(21-33(37)34-23-30(44-2)15-19-38(34)43)26-12-16-32-31-10-6-7-11-36(31)42(39(32)22-26)28-8-4-3-5-9-28/h3-23H,2H3. The maximum absolute atomic E-state index is 9.72. The van der Waals surface area contributed by atoms with Crippen molar-refractivity contribution in [2.45, 2.75) is 0 Å². The normalized spacial score (nSPS) is 11.2.